The SMILES string of the molecule is CC(C)c1ccc(Oc2ccnc(NC(=O)C3CCCC3)c2)cc1F. The molecule has 0 saturated heterocycles. The molecule has 3 rings (SSSR count). The maximum Gasteiger partial charge on any atom is 0.228 e. The number of nitrogens with one attached hydrogen (secondary N) is 1. The Kier molecular flexibility index (Phi) is 5.31. The Morgan fingerprint density at radius 3 is 2.60 bits per heavy atom. The van der Waals surface area contributed by atoms with Gasteiger partial charge in [-0.3, -0.25) is 4.79 Å². The van der Waals surface area contributed by atoms with Crippen molar-refractivity contribution in [2.45, 2.75) is 45.4 Å². The van der Waals surface area contributed by atoms with E-state index in [1.807, 2.05) is 13.8 Å². The van der Waals surface area contributed by atoms with Crippen molar-refractivity contribution < 1.29 is 13.9 Å². The number of halogens is 1. The number of carbonyl (C=O) groups excluding carboxylic acids is 1. The number of pyridine rings is 1. The van der Waals surface area contributed by atoms with E-state index < -0.39 is 0 Å². The highest BCUT2D eigenvalue weighted by atomic mass is 19.1. The average Bonchev–Trinajstić information content (AvgIpc) is 3.09. The van der Waals surface area contributed by atoms with E-state index in [-0.39, 0.29) is 23.6 Å². The Balaban J connectivity index is 1.69. The first kappa shape index (κ1) is 17.4. The minimum absolute atomic E-state index is 0.00878. The van der Waals surface area contributed by atoms with Crippen LogP contribution in [-0.4, -0.2) is 10.9 Å². The molecule has 0 aliphatic heterocycles. The molecule has 2 aromatic rings. The lowest BCUT2D eigenvalue weighted by atomic mass is 10.0. The first-order chi connectivity index (χ1) is 12.0. The highest BCUT2D eigenvalue weighted by Gasteiger charge is 2.22. The number of anilines is 1. The summed E-state index contributed by atoms with van der Waals surface area (Å²) in [7, 11) is 0. The zero-order valence-corrected chi connectivity index (χ0v) is 14.6. The number of carbonyl (C=O) groups is 1. The van der Waals surface area contributed by atoms with Crippen molar-refractivity contribution >= 4 is 11.7 Å². The fourth-order valence-electron chi connectivity index (χ4n) is 3.13. The summed E-state index contributed by atoms with van der Waals surface area (Å²) in [5.74, 6) is 1.30. The molecule has 0 atom stereocenters. The van der Waals surface area contributed by atoms with Gasteiger partial charge in [0.2, 0.25) is 5.91 Å². The van der Waals surface area contributed by atoms with Gasteiger partial charge in [-0.2, -0.15) is 0 Å². The fraction of sp³-hybridized carbons (Fsp3) is 0.400. The second-order valence-electron chi connectivity index (χ2n) is 6.79. The Morgan fingerprint density at radius 2 is 1.92 bits per heavy atom. The zero-order valence-electron chi connectivity index (χ0n) is 14.6. The minimum atomic E-state index is -0.281. The predicted octanol–water partition coefficient (Wildman–Crippen LogP) is 5.27. The van der Waals surface area contributed by atoms with Crippen molar-refractivity contribution in [3.05, 3.63) is 47.9 Å². The summed E-state index contributed by atoms with van der Waals surface area (Å²) in [6.07, 6.45) is 5.64. The van der Waals surface area contributed by atoms with Crippen LogP contribution in [0.3, 0.4) is 0 Å². The van der Waals surface area contributed by atoms with Crippen LogP contribution in [0.1, 0.15) is 51.0 Å². The summed E-state index contributed by atoms with van der Waals surface area (Å²) in [4.78, 5) is 16.4. The first-order valence-electron chi connectivity index (χ1n) is 8.77. The summed E-state index contributed by atoms with van der Waals surface area (Å²) in [5.41, 5.74) is 0.659. The molecule has 0 bridgehead atoms. The molecule has 1 aliphatic rings. The average molecular weight is 342 g/mol. The normalized spacial score (nSPS) is 14.7. The van der Waals surface area contributed by atoms with E-state index in [1.165, 1.54) is 6.07 Å². The molecule has 0 spiro atoms. The standard InChI is InChI=1S/C20H23FN2O2/c1-13(2)17-8-7-15(11-18(17)21)25-16-9-10-22-19(12-16)23-20(24)14-5-3-4-6-14/h7-14H,3-6H2,1-2H3,(H,22,23,24). The Hall–Kier alpha value is -2.43. The van der Waals surface area contributed by atoms with E-state index in [0.29, 0.717) is 22.9 Å². The molecular formula is C20H23FN2O2. The molecule has 1 aliphatic carbocycles. The van der Waals surface area contributed by atoms with Crippen molar-refractivity contribution in [3.8, 4) is 11.5 Å². The van der Waals surface area contributed by atoms with E-state index in [0.717, 1.165) is 25.7 Å². The third-order valence-electron chi connectivity index (χ3n) is 4.54. The lowest BCUT2D eigenvalue weighted by molar-refractivity contribution is -0.119. The largest absolute Gasteiger partial charge is 0.457 e. The second kappa shape index (κ2) is 7.64. The van der Waals surface area contributed by atoms with Crippen molar-refractivity contribution in [2.24, 2.45) is 5.92 Å². The van der Waals surface area contributed by atoms with E-state index in [4.69, 9.17) is 4.74 Å². The molecule has 1 heterocycles. The summed E-state index contributed by atoms with van der Waals surface area (Å²) in [5, 5.41) is 2.84. The number of benzene rings is 1. The number of hydrogen-bond acceptors (Lipinski definition) is 3. The van der Waals surface area contributed by atoms with Gasteiger partial charge in [-0.25, -0.2) is 9.37 Å². The van der Waals surface area contributed by atoms with Gasteiger partial charge in [0.1, 0.15) is 23.1 Å². The highest BCUT2D eigenvalue weighted by molar-refractivity contribution is 5.91. The van der Waals surface area contributed by atoms with Gasteiger partial charge in [-0.05, 0) is 36.5 Å². The van der Waals surface area contributed by atoms with Gasteiger partial charge in [0.05, 0.1) is 0 Å². The maximum atomic E-state index is 14.1. The van der Waals surface area contributed by atoms with Crippen LogP contribution in [0.4, 0.5) is 10.2 Å². The molecule has 25 heavy (non-hydrogen) atoms. The third kappa shape index (κ3) is 4.35. The zero-order chi connectivity index (χ0) is 17.8. The summed E-state index contributed by atoms with van der Waals surface area (Å²) < 4.78 is 19.8. The quantitative estimate of drug-likeness (QED) is 0.806. The van der Waals surface area contributed by atoms with Crippen LogP contribution >= 0.6 is 0 Å². The molecule has 0 unspecified atom stereocenters. The number of aromatic nitrogens is 1. The Labute approximate surface area is 147 Å². The van der Waals surface area contributed by atoms with Crippen LogP contribution in [0.2, 0.25) is 0 Å². The van der Waals surface area contributed by atoms with Crippen LogP contribution in [-0.2, 0) is 4.79 Å². The van der Waals surface area contributed by atoms with Crippen LogP contribution in [0, 0.1) is 11.7 Å². The molecule has 0 radical (unpaired) electrons. The summed E-state index contributed by atoms with van der Waals surface area (Å²) in [6, 6.07) is 8.20. The maximum absolute atomic E-state index is 14.1. The van der Waals surface area contributed by atoms with Gasteiger partial charge < -0.3 is 10.1 Å². The highest BCUT2D eigenvalue weighted by Crippen LogP contribution is 2.29. The molecule has 132 valence electrons. The molecule has 4 nitrogen and oxygen atoms in total. The lowest BCUT2D eigenvalue weighted by Gasteiger charge is -2.12. The van der Waals surface area contributed by atoms with E-state index in [1.54, 1.807) is 30.5 Å². The number of hydrogen-bond donors (Lipinski definition) is 1. The molecule has 1 aromatic carbocycles. The van der Waals surface area contributed by atoms with Gasteiger partial charge in [0, 0.05) is 24.2 Å². The van der Waals surface area contributed by atoms with E-state index in [9.17, 15) is 9.18 Å². The van der Waals surface area contributed by atoms with Crippen LogP contribution < -0.4 is 10.1 Å². The molecule has 1 saturated carbocycles. The molecule has 5 heteroatoms. The van der Waals surface area contributed by atoms with Crippen LogP contribution in [0.5, 0.6) is 11.5 Å². The van der Waals surface area contributed by atoms with Gasteiger partial charge in [-0.1, -0.05) is 32.8 Å². The van der Waals surface area contributed by atoms with Crippen molar-refractivity contribution in [3.63, 3.8) is 0 Å². The number of amides is 1. The Morgan fingerprint density at radius 1 is 1.20 bits per heavy atom. The first-order valence-corrected chi connectivity index (χ1v) is 8.77. The van der Waals surface area contributed by atoms with Crippen molar-refractivity contribution in [2.75, 3.05) is 5.32 Å². The smallest absolute Gasteiger partial charge is 0.228 e. The van der Waals surface area contributed by atoms with Gasteiger partial charge in [0.25, 0.3) is 0 Å². The predicted molar refractivity (Wildman–Crippen MR) is 95.4 cm³/mol. The lowest BCUT2D eigenvalue weighted by Crippen LogP contribution is -2.20. The van der Waals surface area contributed by atoms with Gasteiger partial charge in [-0.15, -0.1) is 0 Å². The summed E-state index contributed by atoms with van der Waals surface area (Å²) >= 11 is 0. The summed E-state index contributed by atoms with van der Waals surface area (Å²) in [6.45, 7) is 3.89. The van der Waals surface area contributed by atoms with Crippen LogP contribution in [0.15, 0.2) is 36.5 Å². The molecular weight excluding hydrogens is 319 g/mol. The second-order valence-corrected chi connectivity index (χ2v) is 6.79. The number of ether oxygens (including phenoxy) is 1. The molecule has 1 fully saturated rings. The third-order valence-corrected chi connectivity index (χ3v) is 4.54. The van der Waals surface area contributed by atoms with Gasteiger partial charge in [0.15, 0.2) is 0 Å². The minimum Gasteiger partial charge on any atom is -0.457 e. The molecule has 1 aromatic heterocycles. The van der Waals surface area contributed by atoms with E-state index >= 15 is 0 Å². The van der Waals surface area contributed by atoms with Gasteiger partial charge >= 0.3 is 0 Å². The van der Waals surface area contributed by atoms with E-state index in [2.05, 4.69) is 10.3 Å². The monoisotopic (exact) mass is 342 g/mol. The fourth-order valence-corrected chi connectivity index (χ4v) is 3.13. The van der Waals surface area contributed by atoms with Crippen molar-refractivity contribution in [1.29, 1.82) is 0 Å². The Bertz CT molecular complexity index is 755. The van der Waals surface area contributed by atoms with Crippen molar-refractivity contribution in [1.82, 2.24) is 4.98 Å². The molecule has 1 N–H and O–H groups in total. The van der Waals surface area contributed by atoms with Crippen LogP contribution in [0.25, 0.3) is 0 Å². The molecule has 1 amide bonds. The number of rotatable bonds is 5. The topological polar surface area (TPSA) is 51.2 Å². The number of nitrogens with zero attached hydrogens (tertiary/aromatic N) is 1.